The van der Waals surface area contributed by atoms with Crippen molar-refractivity contribution in [3.8, 4) is 0 Å². The fourth-order valence-corrected chi connectivity index (χ4v) is 5.11. The lowest BCUT2D eigenvalue weighted by Crippen LogP contribution is -2.39. The molecule has 1 atom stereocenters. The highest BCUT2D eigenvalue weighted by molar-refractivity contribution is 7.89. The van der Waals surface area contributed by atoms with Gasteiger partial charge in [-0.25, -0.2) is 8.42 Å². The summed E-state index contributed by atoms with van der Waals surface area (Å²) in [7, 11) is -3.44. The van der Waals surface area contributed by atoms with E-state index in [-0.39, 0.29) is 0 Å². The molecule has 20 heavy (non-hydrogen) atoms. The third-order valence-corrected chi connectivity index (χ3v) is 6.33. The number of nitrogens with zero attached hydrogens (tertiary/aromatic N) is 1. The molecule has 1 heterocycles. The van der Waals surface area contributed by atoms with Crippen molar-refractivity contribution in [1.29, 1.82) is 0 Å². The van der Waals surface area contributed by atoms with Gasteiger partial charge >= 0.3 is 0 Å². The molecule has 0 aromatic heterocycles. The molecule has 1 fully saturated rings. The van der Waals surface area contributed by atoms with Gasteiger partial charge < -0.3 is 5.73 Å². The molecule has 2 N–H and O–H groups in total. The molecule has 0 aliphatic carbocycles. The SMILES string of the molecule is Cc1cc(C)c(S(=O)(=O)N2CCCC(C)C2)c(C)c1N. The summed E-state index contributed by atoms with van der Waals surface area (Å²) in [5.74, 6) is 0.418. The lowest BCUT2D eigenvalue weighted by molar-refractivity contribution is 0.281. The molecule has 0 radical (unpaired) electrons. The zero-order chi connectivity index (χ0) is 15.1. The van der Waals surface area contributed by atoms with Gasteiger partial charge in [-0.3, -0.25) is 0 Å². The van der Waals surface area contributed by atoms with Crippen LogP contribution in [-0.4, -0.2) is 25.8 Å². The van der Waals surface area contributed by atoms with Crippen LogP contribution in [0, 0.1) is 26.7 Å². The van der Waals surface area contributed by atoms with Crippen molar-refractivity contribution in [3.05, 3.63) is 22.8 Å². The second-order valence-corrected chi connectivity index (χ2v) is 7.86. The Bertz CT molecular complexity index is 623. The van der Waals surface area contributed by atoms with Crippen LogP contribution >= 0.6 is 0 Å². The van der Waals surface area contributed by atoms with Crippen molar-refractivity contribution in [2.75, 3.05) is 18.8 Å². The Kier molecular flexibility index (Phi) is 4.12. The molecular weight excluding hydrogens is 272 g/mol. The largest absolute Gasteiger partial charge is 0.398 e. The van der Waals surface area contributed by atoms with E-state index in [4.69, 9.17) is 5.73 Å². The van der Waals surface area contributed by atoms with E-state index in [1.54, 1.807) is 11.2 Å². The van der Waals surface area contributed by atoms with Crippen molar-refractivity contribution in [2.24, 2.45) is 5.92 Å². The molecule has 4 nitrogen and oxygen atoms in total. The maximum atomic E-state index is 12.9. The molecule has 1 aliphatic heterocycles. The zero-order valence-corrected chi connectivity index (χ0v) is 13.5. The number of hydrogen-bond donors (Lipinski definition) is 1. The Hall–Kier alpha value is -1.07. The quantitative estimate of drug-likeness (QED) is 0.853. The molecule has 0 amide bonds. The van der Waals surface area contributed by atoms with E-state index >= 15 is 0 Å². The maximum absolute atomic E-state index is 12.9. The minimum Gasteiger partial charge on any atom is -0.398 e. The monoisotopic (exact) mass is 296 g/mol. The standard InChI is InChI=1S/C15H24N2O2S/c1-10-6-5-7-17(9-10)20(18,19)15-12(3)8-11(2)14(16)13(15)4/h8,10H,5-7,9,16H2,1-4H3. The Balaban J connectivity index is 2.52. The van der Waals surface area contributed by atoms with Crippen LogP contribution in [0.5, 0.6) is 0 Å². The summed E-state index contributed by atoms with van der Waals surface area (Å²) in [5.41, 5.74) is 9.01. The lowest BCUT2D eigenvalue weighted by atomic mass is 10.0. The van der Waals surface area contributed by atoms with E-state index in [1.165, 1.54) is 0 Å². The van der Waals surface area contributed by atoms with Crippen LogP contribution in [0.4, 0.5) is 5.69 Å². The molecule has 1 aromatic carbocycles. The maximum Gasteiger partial charge on any atom is 0.243 e. The number of hydrogen-bond acceptors (Lipinski definition) is 3. The fraction of sp³-hybridized carbons (Fsp3) is 0.600. The summed E-state index contributed by atoms with van der Waals surface area (Å²) in [6.07, 6.45) is 2.03. The predicted molar refractivity (Wildman–Crippen MR) is 82.2 cm³/mol. The van der Waals surface area contributed by atoms with E-state index in [0.29, 0.717) is 35.2 Å². The number of benzene rings is 1. The van der Waals surface area contributed by atoms with Gasteiger partial charge in [0.2, 0.25) is 10.0 Å². The van der Waals surface area contributed by atoms with Crippen LogP contribution in [0.3, 0.4) is 0 Å². The second-order valence-electron chi connectivity index (χ2n) is 5.99. The van der Waals surface area contributed by atoms with Crippen LogP contribution in [0.25, 0.3) is 0 Å². The van der Waals surface area contributed by atoms with Gasteiger partial charge in [-0.05, 0) is 56.2 Å². The number of aryl methyl sites for hydroxylation is 2. The third-order valence-electron chi connectivity index (χ3n) is 4.18. The van der Waals surface area contributed by atoms with Crippen molar-refractivity contribution in [1.82, 2.24) is 4.31 Å². The second kappa shape index (κ2) is 5.37. The Labute approximate surface area is 122 Å². The van der Waals surface area contributed by atoms with Gasteiger partial charge in [-0.15, -0.1) is 0 Å². The summed E-state index contributed by atoms with van der Waals surface area (Å²) in [4.78, 5) is 0.398. The lowest BCUT2D eigenvalue weighted by Gasteiger charge is -2.31. The van der Waals surface area contributed by atoms with Gasteiger partial charge in [-0.1, -0.05) is 13.0 Å². The smallest absolute Gasteiger partial charge is 0.243 e. The predicted octanol–water partition coefficient (Wildman–Crippen LogP) is 2.61. The van der Waals surface area contributed by atoms with Crippen molar-refractivity contribution in [2.45, 2.75) is 45.4 Å². The Morgan fingerprint density at radius 3 is 2.50 bits per heavy atom. The van der Waals surface area contributed by atoms with E-state index in [0.717, 1.165) is 24.0 Å². The number of nitrogens with two attached hydrogens (primary N) is 1. The summed E-state index contributed by atoms with van der Waals surface area (Å²) >= 11 is 0. The number of nitrogen functional groups attached to an aromatic ring is 1. The summed E-state index contributed by atoms with van der Waals surface area (Å²) < 4.78 is 27.4. The summed E-state index contributed by atoms with van der Waals surface area (Å²) in [6, 6.07) is 1.86. The number of rotatable bonds is 2. The molecule has 0 saturated carbocycles. The van der Waals surface area contributed by atoms with Crippen molar-refractivity contribution in [3.63, 3.8) is 0 Å². The number of piperidine rings is 1. The first-order valence-electron chi connectivity index (χ1n) is 7.11. The first-order chi connectivity index (χ1) is 9.25. The van der Waals surface area contributed by atoms with Gasteiger partial charge in [0.15, 0.2) is 0 Å². The number of sulfonamides is 1. The fourth-order valence-electron chi connectivity index (χ4n) is 3.07. The van der Waals surface area contributed by atoms with Gasteiger partial charge in [0.25, 0.3) is 0 Å². The highest BCUT2D eigenvalue weighted by Gasteiger charge is 2.31. The third kappa shape index (κ3) is 2.56. The Morgan fingerprint density at radius 1 is 1.25 bits per heavy atom. The van der Waals surface area contributed by atoms with Gasteiger partial charge in [0.05, 0.1) is 4.90 Å². The molecule has 5 heteroatoms. The van der Waals surface area contributed by atoms with Gasteiger partial charge in [0, 0.05) is 18.8 Å². The van der Waals surface area contributed by atoms with E-state index < -0.39 is 10.0 Å². The molecular formula is C15H24N2O2S. The van der Waals surface area contributed by atoms with Crippen LogP contribution in [0.1, 0.15) is 36.5 Å². The van der Waals surface area contributed by atoms with E-state index in [9.17, 15) is 8.42 Å². The van der Waals surface area contributed by atoms with Crippen molar-refractivity contribution < 1.29 is 8.42 Å². The molecule has 0 bridgehead atoms. The normalized spacial score (nSPS) is 21.1. The minimum absolute atomic E-state index is 0.398. The average Bonchev–Trinajstić information content (AvgIpc) is 2.36. The first kappa shape index (κ1) is 15.3. The van der Waals surface area contributed by atoms with E-state index in [1.807, 2.05) is 19.9 Å². The van der Waals surface area contributed by atoms with Crippen LogP contribution in [0.2, 0.25) is 0 Å². The molecule has 1 unspecified atom stereocenters. The van der Waals surface area contributed by atoms with Crippen LogP contribution < -0.4 is 5.73 Å². The molecule has 2 rings (SSSR count). The minimum atomic E-state index is -3.44. The van der Waals surface area contributed by atoms with Crippen LogP contribution in [-0.2, 0) is 10.0 Å². The molecule has 1 saturated heterocycles. The van der Waals surface area contributed by atoms with Crippen LogP contribution in [0.15, 0.2) is 11.0 Å². The average molecular weight is 296 g/mol. The Morgan fingerprint density at radius 2 is 1.90 bits per heavy atom. The van der Waals surface area contributed by atoms with Crippen molar-refractivity contribution >= 4 is 15.7 Å². The molecule has 112 valence electrons. The van der Waals surface area contributed by atoms with Gasteiger partial charge in [0.1, 0.15) is 0 Å². The first-order valence-corrected chi connectivity index (χ1v) is 8.55. The molecule has 0 spiro atoms. The molecule has 1 aromatic rings. The molecule has 1 aliphatic rings. The number of anilines is 1. The summed E-state index contributed by atoms with van der Waals surface area (Å²) in [6.45, 7) is 8.88. The topological polar surface area (TPSA) is 63.4 Å². The van der Waals surface area contributed by atoms with E-state index in [2.05, 4.69) is 6.92 Å². The summed E-state index contributed by atoms with van der Waals surface area (Å²) in [5, 5.41) is 0. The highest BCUT2D eigenvalue weighted by atomic mass is 32.2. The van der Waals surface area contributed by atoms with Gasteiger partial charge in [-0.2, -0.15) is 4.31 Å². The highest BCUT2D eigenvalue weighted by Crippen LogP contribution is 2.32. The zero-order valence-electron chi connectivity index (χ0n) is 12.7.